The average Bonchev–Trinajstić information content (AvgIpc) is 2.58. The fourth-order valence-corrected chi connectivity index (χ4v) is 3.04. The summed E-state index contributed by atoms with van der Waals surface area (Å²) in [6.45, 7) is 2.78. The largest absolute Gasteiger partial charge is 0.478 e. The van der Waals surface area contributed by atoms with Crippen LogP contribution in [-0.4, -0.2) is 39.0 Å². The van der Waals surface area contributed by atoms with E-state index in [1.807, 2.05) is 0 Å². The summed E-state index contributed by atoms with van der Waals surface area (Å²) >= 11 is 0. The maximum absolute atomic E-state index is 10.8. The Labute approximate surface area is 136 Å². The van der Waals surface area contributed by atoms with Gasteiger partial charge in [-0.05, 0) is 43.8 Å². The summed E-state index contributed by atoms with van der Waals surface area (Å²) in [7, 11) is 0. The molecule has 0 saturated carbocycles. The van der Waals surface area contributed by atoms with Gasteiger partial charge in [0.2, 0.25) is 0 Å². The minimum absolute atomic E-state index is 0.135. The van der Waals surface area contributed by atoms with E-state index in [4.69, 9.17) is 5.11 Å². The van der Waals surface area contributed by atoms with E-state index in [9.17, 15) is 4.79 Å². The number of carboxylic acids is 1. The third kappa shape index (κ3) is 4.36. The summed E-state index contributed by atoms with van der Waals surface area (Å²) < 4.78 is 0. The van der Waals surface area contributed by atoms with Gasteiger partial charge in [0.05, 0.1) is 12.1 Å². The average molecular weight is 311 g/mol. The van der Waals surface area contributed by atoms with E-state index in [2.05, 4.69) is 45.2 Å². The Balaban J connectivity index is 1.48. The number of carbonyl (C=O) groups is 1. The van der Waals surface area contributed by atoms with E-state index in [-0.39, 0.29) is 5.56 Å². The standard InChI is InChI=1S/C18H21N3O2/c22-18(23)16-11-19-17(20-12-16)13-21-8-6-15(7-9-21)10-14-4-2-1-3-5-14/h1-5,11-12,15H,6-10,13H2,(H,22,23). The van der Waals surface area contributed by atoms with Crippen LogP contribution in [0, 0.1) is 5.92 Å². The zero-order chi connectivity index (χ0) is 16.1. The Morgan fingerprint density at radius 3 is 2.39 bits per heavy atom. The normalized spacial score (nSPS) is 16.3. The van der Waals surface area contributed by atoms with Crippen LogP contribution >= 0.6 is 0 Å². The topological polar surface area (TPSA) is 66.3 Å². The number of aromatic nitrogens is 2. The minimum Gasteiger partial charge on any atom is -0.478 e. The minimum atomic E-state index is -0.988. The second-order valence-corrected chi connectivity index (χ2v) is 6.10. The van der Waals surface area contributed by atoms with Crippen LogP contribution in [0.1, 0.15) is 34.6 Å². The molecule has 1 N–H and O–H groups in total. The van der Waals surface area contributed by atoms with E-state index in [0.717, 1.165) is 25.4 Å². The molecule has 0 radical (unpaired) electrons. The second kappa shape index (κ2) is 7.33. The van der Waals surface area contributed by atoms with Gasteiger partial charge >= 0.3 is 5.97 Å². The van der Waals surface area contributed by atoms with Crippen LogP contribution in [0.3, 0.4) is 0 Å². The lowest BCUT2D eigenvalue weighted by Gasteiger charge is -2.31. The van der Waals surface area contributed by atoms with Crippen molar-refractivity contribution in [1.82, 2.24) is 14.9 Å². The van der Waals surface area contributed by atoms with Crippen molar-refractivity contribution in [3.63, 3.8) is 0 Å². The summed E-state index contributed by atoms with van der Waals surface area (Å²) in [5.74, 6) is 0.443. The van der Waals surface area contributed by atoms with Crippen molar-refractivity contribution in [2.75, 3.05) is 13.1 Å². The van der Waals surface area contributed by atoms with Crippen molar-refractivity contribution in [1.29, 1.82) is 0 Å². The smallest absolute Gasteiger partial charge is 0.338 e. The molecule has 1 saturated heterocycles. The third-order valence-electron chi connectivity index (χ3n) is 4.39. The van der Waals surface area contributed by atoms with Crippen LogP contribution in [0.25, 0.3) is 0 Å². The van der Waals surface area contributed by atoms with E-state index >= 15 is 0 Å². The van der Waals surface area contributed by atoms with Crippen molar-refractivity contribution in [3.05, 3.63) is 59.7 Å². The lowest BCUT2D eigenvalue weighted by molar-refractivity contribution is 0.0695. The first-order valence-corrected chi connectivity index (χ1v) is 8.01. The molecule has 0 bridgehead atoms. The van der Waals surface area contributed by atoms with Crippen molar-refractivity contribution in [3.8, 4) is 0 Å². The molecule has 5 nitrogen and oxygen atoms in total. The highest BCUT2D eigenvalue weighted by molar-refractivity contribution is 5.86. The fourth-order valence-electron chi connectivity index (χ4n) is 3.04. The molecule has 1 aromatic carbocycles. The van der Waals surface area contributed by atoms with Gasteiger partial charge in [0.25, 0.3) is 0 Å². The van der Waals surface area contributed by atoms with Gasteiger partial charge in [0, 0.05) is 12.4 Å². The summed E-state index contributed by atoms with van der Waals surface area (Å²) in [5, 5.41) is 8.86. The molecular weight excluding hydrogens is 290 g/mol. The monoisotopic (exact) mass is 311 g/mol. The number of aromatic carboxylic acids is 1. The highest BCUT2D eigenvalue weighted by Crippen LogP contribution is 2.22. The van der Waals surface area contributed by atoms with Crippen LogP contribution in [0.15, 0.2) is 42.7 Å². The maximum Gasteiger partial charge on any atom is 0.338 e. The molecule has 2 heterocycles. The summed E-state index contributed by atoms with van der Waals surface area (Å²) in [5.41, 5.74) is 1.55. The summed E-state index contributed by atoms with van der Waals surface area (Å²) in [6, 6.07) is 10.7. The molecule has 120 valence electrons. The van der Waals surface area contributed by atoms with Gasteiger partial charge in [0.1, 0.15) is 5.82 Å². The van der Waals surface area contributed by atoms with Gasteiger partial charge in [-0.2, -0.15) is 0 Å². The first-order valence-electron chi connectivity index (χ1n) is 8.01. The molecule has 0 spiro atoms. The molecule has 1 aliphatic heterocycles. The molecule has 2 aromatic rings. The SMILES string of the molecule is O=C(O)c1cnc(CN2CCC(Cc3ccccc3)CC2)nc1. The molecular formula is C18H21N3O2. The van der Waals surface area contributed by atoms with Crippen LogP contribution < -0.4 is 0 Å². The van der Waals surface area contributed by atoms with Gasteiger partial charge in [-0.15, -0.1) is 0 Å². The van der Waals surface area contributed by atoms with Gasteiger partial charge in [-0.25, -0.2) is 14.8 Å². The van der Waals surface area contributed by atoms with Gasteiger partial charge < -0.3 is 5.11 Å². The molecule has 1 aliphatic rings. The quantitative estimate of drug-likeness (QED) is 0.919. The van der Waals surface area contributed by atoms with Crippen LogP contribution in [0.5, 0.6) is 0 Å². The third-order valence-corrected chi connectivity index (χ3v) is 4.39. The summed E-state index contributed by atoms with van der Waals surface area (Å²) in [4.78, 5) is 21.4. The Hall–Kier alpha value is -2.27. The number of hydrogen-bond acceptors (Lipinski definition) is 4. The number of carboxylic acid groups (broad SMARTS) is 1. The number of hydrogen-bond donors (Lipinski definition) is 1. The number of nitrogens with zero attached hydrogens (tertiary/aromatic N) is 3. The molecule has 5 heteroatoms. The van der Waals surface area contributed by atoms with Crippen molar-refractivity contribution in [2.45, 2.75) is 25.8 Å². The van der Waals surface area contributed by atoms with Crippen molar-refractivity contribution in [2.24, 2.45) is 5.92 Å². The zero-order valence-corrected chi connectivity index (χ0v) is 13.1. The maximum atomic E-state index is 10.8. The number of benzene rings is 1. The predicted molar refractivity (Wildman–Crippen MR) is 87.1 cm³/mol. The number of likely N-dealkylation sites (tertiary alicyclic amines) is 1. The first kappa shape index (κ1) is 15.6. The zero-order valence-electron chi connectivity index (χ0n) is 13.1. The molecule has 1 fully saturated rings. The Kier molecular flexibility index (Phi) is 4.98. The molecule has 23 heavy (non-hydrogen) atoms. The van der Waals surface area contributed by atoms with Gasteiger partial charge in [-0.3, -0.25) is 4.90 Å². The highest BCUT2D eigenvalue weighted by atomic mass is 16.4. The van der Waals surface area contributed by atoms with Gasteiger partial charge in [-0.1, -0.05) is 30.3 Å². The lowest BCUT2D eigenvalue weighted by Crippen LogP contribution is -2.34. The molecule has 0 amide bonds. The van der Waals surface area contributed by atoms with Crippen molar-refractivity contribution < 1.29 is 9.90 Å². The predicted octanol–water partition coefficient (Wildman–Crippen LogP) is 2.63. The van der Waals surface area contributed by atoms with Crippen LogP contribution in [-0.2, 0) is 13.0 Å². The molecule has 3 rings (SSSR count). The Morgan fingerprint density at radius 2 is 1.78 bits per heavy atom. The second-order valence-electron chi connectivity index (χ2n) is 6.10. The van der Waals surface area contributed by atoms with Crippen molar-refractivity contribution >= 4 is 5.97 Å². The summed E-state index contributed by atoms with van der Waals surface area (Å²) in [6.07, 6.45) is 6.28. The first-order chi connectivity index (χ1) is 11.2. The van der Waals surface area contributed by atoms with E-state index in [1.54, 1.807) is 0 Å². The molecule has 0 unspecified atom stereocenters. The Morgan fingerprint density at radius 1 is 1.13 bits per heavy atom. The fraction of sp³-hybridized carbons (Fsp3) is 0.389. The van der Waals surface area contributed by atoms with Crippen LogP contribution in [0.4, 0.5) is 0 Å². The molecule has 0 atom stereocenters. The van der Waals surface area contributed by atoms with E-state index < -0.39 is 5.97 Å². The number of rotatable bonds is 5. The van der Waals surface area contributed by atoms with Crippen LogP contribution in [0.2, 0.25) is 0 Å². The Bertz CT molecular complexity index is 635. The van der Waals surface area contributed by atoms with E-state index in [1.165, 1.54) is 30.8 Å². The highest BCUT2D eigenvalue weighted by Gasteiger charge is 2.20. The number of piperidine rings is 1. The molecule has 1 aromatic heterocycles. The van der Waals surface area contributed by atoms with Gasteiger partial charge in [0.15, 0.2) is 0 Å². The lowest BCUT2D eigenvalue weighted by atomic mass is 9.90. The molecule has 0 aliphatic carbocycles. The van der Waals surface area contributed by atoms with E-state index in [0.29, 0.717) is 12.4 Å².